The van der Waals surface area contributed by atoms with Crippen LogP contribution in [0.2, 0.25) is 0 Å². The van der Waals surface area contributed by atoms with Gasteiger partial charge in [-0.2, -0.15) is 0 Å². The molecule has 0 saturated heterocycles. The van der Waals surface area contributed by atoms with Gasteiger partial charge in [-0.15, -0.1) is 0 Å². The number of carbonyl (C=O) groups is 1. The monoisotopic (exact) mass is 266 g/mol. The third-order valence-corrected chi connectivity index (χ3v) is 2.36. The zero-order chi connectivity index (χ0) is 10.9. The zero-order valence-corrected chi connectivity index (χ0v) is 8.79. The number of ketones is 1. The highest BCUT2D eigenvalue weighted by Gasteiger charge is 2.17. The molecule has 5 heteroatoms. The van der Waals surface area contributed by atoms with Crippen molar-refractivity contribution in [1.29, 1.82) is 0 Å². The summed E-state index contributed by atoms with van der Waals surface area (Å²) in [6, 6.07) is 0.547. The lowest BCUT2D eigenvalue weighted by Crippen LogP contribution is -2.04. The number of hydrogen-bond acceptors (Lipinski definition) is 1. The molecule has 1 rings (SSSR count). The average molecular weight is 267 g/mol. The molecule has 76 valence electrons. The van der Waals surface area contributed by atoms with Gasteiger partial charge in [0.2, 0.25) is 0 Å². The lowest BCUT2D eigenvalue weighted by atomic mass is 10.1. The normalized spacial score (nSPS) is 10.4. The van der Waals surface area contributed by atoms with E-state index in [1.807, 2.05) is 0 Å². The molecule has 0 N–H and O–H groups in total. The van der Waals surface area contributed by atoms with Crippen LogP contribution in [0.25, 0.3) is 0 Å². The molecule has 0 atom stereocenters. The molecule has 0 aliphatic heterocycles. The summed E-state index contributed by atoms with van der Waals surface area (Å²) < 4.78 is 38.5. The summed E-state index contributed by atoms with van der Waals surface area (Å²) in [7, 11) is 0. The summed E-state index contributed by atoms with van der Waals surface area (Å²) in [6.45, 7) is 1.20. The fourth-order valence-corrected chi connectivity index (χ4v) is 1.37. The number of hydrogen-bond donors (Lipinski definition) is 0. The molecule has 0 fully saturated rings. The summed E-state index contributed by atoms with van der Waals surface area (Å²) >= 11 is 2.63. The minimum atomic E-state index is -1.06. The highest BCUT2D eigenvalue weighted by atomic mass is 79.9. The number of rotatable bonds is 2. The van der Waals surface area contributed by atoms with E-state index >= 15 is 0 Å². The van der Waals surface area contributed by atoms with Crippen molar-refractivity contribution in [1.82, 2.24) is 0 Å². The summed E-state index contributed by atoms with van der Waals surface area (Å²) in [5.74, 6) is -3.51. The Morgan fingerprint density at radius 3 is 2.43 bits per heavy atom. The molecule has 0 bridgehead atoms. The van der Waals surface area contributed by atoms with Gasteiger partial charge < -0.3 is 0 Å². The van der Waals surface area contributed by atoms with Crippen molar-refractivity contribution in [3.8, 4) is 0 Å². The maximum Gasteiger partial charge on any atom is 0.146 e. The molecule has 0 aromatic heterocycles. The summed E-state index contributed by atoms with van der Waals surface area (Å²) in [6.07, 6.45) is -0.378. The van der Waals surface area contributed by atoms with Gasteiger partial charge in [-0.25, -0.2) is 13.2 Å². The van der Waals surface area contributed by atoms with Crippen molar-refractivity contribution in [2.75, 3.05) is 0 Å². The van der Waals surface area contributed by atoms with Crippen LogP contribution in [0.5, 0.6) is 0 Å². The Morgan fingerprint density at radius 2 is 1.93 bits per heavy atom. The van der Waals surface area contributed by atoms with Gasteiger partial charge in [-0.05, 0) is 22.9 Å². The van der Waals surface area contributed by atoms with E-state index in [4.69, 9.17) is 0 Å². The molecule has 0 saturated carbocycles. The first-order valence-electron chi connectivity index (χ1n) is 3.74. The smallest absolute Gasteiger partial charge is 0.146 e. The predicted octanol–water partition coefficient (Wildman–Crippen LogP) is 3.00. The Kier molecular flexibility index (Phi) is 3.31. The Hall–Kier alpha value is -0.840. The van der Waals surface area contributed by atoms with E-state index in [-0.39, 0.29) is 12.2 Å². The maximum atomic E-state index is 13.2. The average Bonchev–Trinajstić information content (AvgIpc) is 2.09. The molecule has 0 amide bonds. The molecular formula is C9H6BrF3O. The quantitative estimate of drug-likeness (QED) is 0.594. The Morgan fingerprint density at radius 1 is 1.36 bits per heavy atom. The van der Waals surface area contributed by atoms with Gasteiger partial charge in [-0.3, -0.25) is 4.79 Å². The van der Waals surface area contributed by atoms with Crippen LogP contribution in [-0.2, 0) is 11.2 Å². The van der Waals surface area contributed by atoms with Crippen LogP contribution < -0.4 is 0 Å². The van der Waals surface area contributed by atoms with Crippen LogP contribution >= 0.6 is 15.9 Å². The van der Waals surface area contributed by atoms with Gasteiger partial charge in [0.25, 0.3) is 0 Å². The van der Waals surface area contributed by atoms with Crippen LogP contribution in [-0.4, -0.2) is 5.78 Å². The lowest BCUT2D eigenvalue weighted by Gasteiger charge is -2.05. The van der Waals surface area contributed by atoms with Crippen LogP contribution in [0.3, 0.4) is 0 Å². The number of halogens is 4. The molecule has 1 aromatic carbocycles. The van der Waals surface area contributed by atoms with E-state index in [2.05, 4.69) is 15.9 Å². The van der Waals surface area contributed by atoms with Gasteiger partial charge in [0.1, 0.15) is 23.2 Å². The molecule has 0 heterocycles. The Labute approximate surface area is 87.1 Å². The Balaban J connectivity index is 3.29. The molecule has 14 heavy (non-hydrogen) atoms. The van der Waals surface area contributed by atoms with Crippen molar-refractivity contribution in [3.05, 3.63) is 33.6 Å². The van der Waals surface area contributed by atoms with Crippen LogP contribution in [0.1, 0.15) is 12.5 Å². The molecule has 0 radical (unpaired) electrons. The fourth-order valence-electron chi connectivity index (χ4n) is 1.01. The first-order valence-corrected chi connectivity index (χ1v) is 4.54. The second kappa shape index (κ2) is 4.13. The van der Waals surface area contributed by atoms with Crippen molar-refractivity contribution in [2.24, 2.45) is 0 Å². The van der Waals surface area contributed by atoms with E-state index in [0.717, 1.165) is 0 Å². The molecule has 0 unspecified atom stereocenters. The predicted molar refractivity (Wildman–Crippen MR) is 48.4 cm³/mol. The SMILES string of the molecule is CC(=O)Cc1c(F)cc(F)c(Br)c1F. The van der Waals surface area contributed by atoms with E-state index in [9.17, 15) is 18.0 Å². The molecule has 0 aliphatic carbocycles. The molecule has 1 nitrogen and oxygen atoms in total. The standard InChI is InChI=1S/C9H6BrF3O/c1-4(14)2-5-6(11)3-7(12)8(10)9(5)13/h3H,2H2,1H3. The zero-order valence-electron chi connectivity index (χ0n) is 7.20. The van der Waals surface area contributed by atoms with E-state index < -0.39 is 27.5 Å². The minimum Gasteiger partial charge on any atom is -0.300 e. The summed E-state index contributed by atoms with van der Waals surface area (Å²) in [4.78, 5) is 10.7. The molecule has 0 aliphatic rings. The molecular weight excluding hydrogens is 261 g/mol. The number of carbonyl (C=O) groups excluding carboxylic acids is 1. The largest absolute Gasteiger partial charge is 0.300 e. The maximum absolute atomic E-state index is 13.2. The first-order chi connectivity index (χ1) is 6.43. The van der Waals surface area contributed by atoms with E-state index in [1.54, 1.807) is 0 Å². The fraction of sp³-hybridized carbons (Fsp3) is 0.222. The van der Waals surface area contributed by atoms with E-state index in [0.29, 0.717) is 6.07 Å². The van der Waals surface area contributed by atoms with Crippen LogP contribution in [0.15, 0.2) is 10.5 Å². The van der Waals surface area contributed by atoms with Crippen molar-refractivity contribution < 1.29 is 18.0 Å². The Bertz CT molecular complexity index is 390. The van der Waals surface area contributed by atoms with Crippen LogP contribution in [0.4, 0.5) is 13.2 Å². The first kappa shape index (κ1) is 11.2. The van der Waals surface area contributed by atoms with Gasteiger partial charge >= 0.3 is 0 Å². The van der Waals surface area contributed by atoms with Gasteiger partial charge in [0.15, 0.2) is 0 Å². The third kappa shape index (κ3) is 2.15. The van der Waals surface area contributed by atoms with Gasteiger partial charge in [-0.1, -0.05) is 0 Å². The van der Waals surface area contributed by atoms with Crippen LogP contribution in [0, 0.1) is 17.5 Å². The van der Waals surface area contributed by atoms with Crippen molar-refractivity contribution in [3.63, 3.8) is 0 Å². The van der Waals surface area contributed by atoms with Gasteiger partial charge in [0.05, 0.1) is 4.47 Å². The highest BCUT2D eigenvalue weighted by molar-refractivity contribution is 9.10. The molecule has 0 spiro atoms. The number of Topliss-reactive ketones (excluding diaryl/α,β-unsaturated/α-hetero) is 1. The second-order valence-electron chi connectivity index (χ2n) is 2.83. The third-order valence-electron chi connectivity index (χ3n) is 1.63. The number of benzene rings is 1. The summed E-state index contributed by atoms with van der Waals surface area (Å²) in [5, 5.41) is 0. The lowest BCUT2D eigenvalue weighted by molar-refractivity contribution is -0.116. The second-order valence-corrected chi connectivity index (χ2v) is 3.62. The topological polar surface area (TPSA) is 17.1 Å². The summed E-state index contributed by atoms with van der Waals surface area (Å²) in [5.41, 5.74) is -0.411. The van der Waals surface area contributed by atoms with E-state index in [1.165, 1.54) is 6.92 Å². The van der Waals surface area contributed by atoms with Gasteiger partial charge in [0, 0.05) is 18.1 Å². The molecule has 1 aromatic rings. The minimum absolute atomic E-state index is 0.378. The van der Waals surface area contributed by atoms with Crippen molar-refractivity contribution >= 4 is 21.7 Å². The van der Waals surface area contributed by atoms with Crippen molar-refractivity contribution in [2.45, 2.75) is 13.3 Å². The highest BCUT2D eigenvalue weighted by Crippen LogP contribution is 2.25.